The first-order chi connectivity index (χ1) is 13.8. The predicted molar refractivity (Wildman–Crippen MR) is 100 cm³/mol. The molecule has 3 aliphatic rings. The van der Waals surface area contributed by atoms with Crippen molar-refractivity contribution in [1.29, 1.82) is 0 Å². The predicted octanol–water partition coefficient (Wildman–Crippen LogP) is 2.59. The van der Waals surface area contributed by atoms with Gasteiger partial charge in [0.1, 0.15) is 11.9 Å². The molecule has 6 nitrogen and oxygen atoms in total. The van der Waals surface area contributed by atoms with E-state index in [1.807, 2.05) is 4.90 Å². The lowest BCUT2D eigenvalue weighted by atomic mass is 10.0. The topological polar surface area (TPSA) is 65.5 Å². The number of pyridine rings is 1. The van der Waals surface area contributed by atoms with Gasteiger partial charge in [-0.3, -0.25) is 9.59 Å². The minimum absolute atomic E-state index is 0.00618. The number of hydrogen-bond donors (Lipinski definition) is 1. The molecule has 1 aliphatic carbocycles. The molecule has 0 aromatic carbocycles. The van der Waals surface area contributed by atoms with E-state index in [4.69, 9.17) is 0 Å². The summed E-state index contributed by atoms with van der Waals surface area (Å²) >= 11 is 0. The lowest BCUT2D eigenvalue weighted by molar-refractivity contribution is -0.139. The summed E-state index contributed by atoms with van der Waals surface area (Å²) in [6, 6.07) is 2.08. The Hall–Kier alpha value is -2.32. The van der Waals surface area contributed by atoms with Crippen LogP contribution in [0.5, 0.6) is 0 Å². The highest BCUT2D eigenvalue weighted by atomic mass is 19.4. The van der Waals surface area contributed by atoms with Crippen molar-refractivity contribution in [2.75, 3.05) is 24.5 Å². The SMILES string of the molecule is O=C(NC1CCN(c2ccc(C(F)(F)F)cn2)CC1)C1CCCN1C(=O)C1CC1. The van der Waals surface area contributed by atoms with Gasteiger partial charge in [0.15, 0.2) is 0 Å². The molecule has 3 heterocycles. The van der Waals surface area contributed by atoms with Gasteiger partial charge < -0.3 is 15.1 Å². The minimum Gasteiger partial charge on any atom is -0.356 e. The monoisotopic (exact) mass is 410 g/mol. The van der Waals surface area contributed by atoms with Crippen molar-refractivity contribution in [3.05, 3.63) is 23.9 Å². The number of carbonyl (C=O) groups excluding carboxylic acids is 2. The summed E-state index contributed by atoms with van der Waals surface area (Å²) in [5, 5.41) is 3.08. The Morgan fingerprint density at radius 2 is 1.76 bits per heavy atom. The highest BCUT2D eigenvalue weighted by molar-refractivity contribution is 5.90. The van der Waals surface area contributed by atoms with E-state index in [2.05, 4.69) is 10.3 Å². The standard InChI is InChI=1S/C20H25F3N4O2/c21-20(22,23)14-5-6-17(24-12-14)26-10-7-15(8-11-26)25-18(28)16-2-1-9-27(16)19(29)13-3-4-13/h5-6,12-13,15-16H,1-4,7-11H2,(H,25,28). The second-order valence-electron chi connectivity index (χ2n) is 8.14. The van der Waals surface area contributed by atoms with Gasteiger partial charge in [-0.2, -0.15) is 13.2 Å². The second kappa shape index (κ2) is 7.84. The molecule has 2 aliphatic heterocycles. The first kappa shape index (κ1) is 20.0. The second-order valence-corrected chi connectivity index (χ2v) is 8.14. The summed E-state index contributed by atoms with van der Waals surface area (Å²) in [4.78, 5) is 32.7. The lowest BCUT2D eigenvalue weighted by Gasteiger charge is -2.34. The molecule has 1 unspecified atom stereocenters. The summed E-state index contributed by atoms with van der Waals surface area (Å²) < 4.78 is 38.0. The molecule has 1 atom stereocenters. The molecule has 29 heavy (non-hydrogen) atoms. The zero-order valence-corrected chi connectivity index (χ0v) is 16.1. The Kier molecular flexibility index (Phi) is 5.40. The third-order valence-corrected chi connectivity index (χ3v) is 6.01. The van der Waals surface area contributed by atoms with E-state index in [9.17, 15) is 22.8 Å². The number of carbonyl (C=O) groups is 2. The van der Waals surface area contributed by atoms with Crippen LogP contribution in [0.4, 0.5) is 19.0 Å². The number of aromatic nitrogens is 1. The molecule has 2 amide bonds. The van der Waals surface area contributed by atoms with Crippen LogP contribution >= 0.6 is 0 Å². The quantitative estimate of drug-likeness (QED) is 0.829. The zero-order valence-electron chi connectivity index (χ0n) is 16.1. The number of hydrogen-bond acceptors (Lipinski definition) is 4. The average molecular weight is 410 g/mol. The van der Waals surface area contributed by atoms with Crippen LogP contribution in [0.25, 0.3) is 0 Å². The van der Waals surface area contributed by atoms with E-state index >= 15 is 0 Å². The van der Waals surface area contributed by atoms with Crippen LogP contribution in [0.15, 0.2) is 18.3 Å². The zero-order chi connectivity index (χ0) is 20.6. The van der Waals surface area contributed by atoms with Crippen LogP contribution in [-0.4, -0.2) is 53.4 Å². The molecule has 2 saturated heterocycles. The van der Waals surface area contributed by atoms with Crippen molar-refractivity contribution in [2.45, 2.75) is 56.8 Å². The number of anilines is 1. The van der Waals surface area contributed by atoms with Crippen molar-refractivity contribution in [1.82, 2.24) is 15.2 Å². The Bertz CT molecular complexity index is 756. The number of amides is 2. The fourth-order valence-electron chi connectivity index (χ4n) is 4.16. The van der Waals surface area contributed by atoms with Gasteiger partial charge in [-0.05, 0) is 50.7 Å². The third-order valence-electron chi connectivity index (χ3n) is 6.01. The van der Waals surface area contributed by atoms with Gasteiger partial charge in [-0.25, -0.2) is 4.98 Å². The molecule has 1 saturated carbocycles. The third kappa shape index (κ3) is 4.48. The van der Waals surface area contributed by atoms with Crippen molar-refractivity contribution in [3.63, 3.8) is 0 Å². The number of rotatable bonds is 4. The van der Waals surface area contributed by atoms with Crippen molar-refractivity contribution >= 4 is 17.6 Å². The van der Waals surface area contributed by atoms with Gasteiger partial charge in [0.25, 0.3) is 0 Å². The van der Waals surface area contributed by atoms with Crippen molar-refractivity contribution < 1.29 is 22.8 Å². The molecule has 4 rings (SSSR count). The van der Waals surface area contributed by atoms with Gasteiger partial charge in [0.05, 0.1) is 5.56 Å². The first-order valence-corrected chi connectivity index (χ1v) is 10.2. The molecule has 9 heteroatoms. The van der Waals surface area contributed by atoms with E-state index < -0.39 is 11.7 Å². The lowest BCUT2D eigenvalue weighted by Crippen LogP contribution is -2.51. The maximum atomic E-state index is 12.7. The Morgan fingerprint density at radius 3 is 2.34 bits per heavy atom. The summed E-state index contributed by atoms with van der Waals surface area (Å²) in [5.41, 5.74) is -0.759. The normalized spacial score (nSPS) is 23.3. The smallest absolute Gasteiger partial charge is 0.356 e. The van der Waals surface area contributed by atoms with Crippen LogP contribution in [0.2, 0.25) is 0 Å². The Balaban J connectivity index is 1.28. The fraction of sp³-hybridized carbons (Fsp3) is 0.650. The number of nitrogens with zero attached hydrogens (tertiary/aromatic N) is 3. The van der Waals surface area contributed by atoms with Crippen molar-refractivity contribution in [2.24, 2.45) is 5.92 Å². The average Bonchev–Trinajstić information content (AvgIpc) is 3.43. The van der Waals surface area contributed by atoms with E-state index in [1.165, 1.54) is 6.07 Å². The van der Waals surface area contributed by atoms with E-state index in [0.29, 0.717) is 44.7 Å². The Labute approximate surface area is 167 Å². The number of likely N-dealkylation sites (tertiary alicyclic amines) is 1. The summed E-state index contributed by atoms with van der Waals surface area (Å²) in [6.45, 7) is 1.88. The molecule has 0 radical (unpaired) electrons. The molecule has 0 bridgehead atoms. The molecule has 158 valence electrons. The van der Waals surface area contributed by atoms with Gasteiger partial charge in [0, 0.05) is 37.8 Å². The number of nitrogens with one attached hydrogen (secondary N) is 1. The number of halogens is 3. The highest BCUT2D eigenvalue weighted by Gasteiger charge is 2.41. The molecular formula is C20H25F3N4O2. The number of alkyl halides is 3. The van der Waals surface area contributed by atoms with E-state index in [-0.39, 0.29) is 29.8 Å². The molecular weight excluding hydrogens is 385 g/mol. The van der Waals surface area contributed by atoms with Crippen LogP contribution in [0.1, 0.15) is 44.1 Å². The van der Waals surface area contributed by atoms with Gasteiger partial charge in [-0.1, -0.05) is 0 Å². The fourth-order valence-corrected chi connectivity index (χ4v) is 4.16. The van der Waals surface area contributed by atoms with Crippen molar-refractivity contribution in [3.8, 4) is 0 Å². The molecule has 1 aromatic heterocycles. The summed E-state index contributed by atoms with van der Waals surface area (Å²) in [7, 11) is 0. The van der Waals surface area contributed by atoms with Gasteiger partial charge >= 0.3 is 6.18 Å². The van der Waals surface area contributed by atoms with Crippen LogP contribution in [0, 0.1) is 5.92 Å². The largest absolute Gasteiger partial charge is 0.417 e. The molecule has 1 aromatic rings. The van der Waals surface area contributed by atoms with Gasteiger partial charge in [-0.15, -0.1) is 0 Å². The minimum atomic E-state index is -4.39. The number of piperidine rings is 1. The molecule has 1 N–H and O–H groups in total. The maximum absolute atomic E-state index is 12.7. The van der Waals surface area contributed by atoms with E-state index in [0.717, 1.165) is 31.5 Å². The van der Waals surface area contributed by atoms with Crippen LogP contribution in [0.3, 0.4) is 0 Å². The maximum Gasteiger partial charge on any atom is 0.417 e. The van der Waals surface area contributed by atoms with Crippen LogP contribution in [-0.2, 0) is 15.8 Å². The Morgan fingerprint density at radius 1 is 1.03 bits per heavy atom. The van der Waals surface area contributed by atoms with E-state index in [1.54, 1.807) is 4.90 Å². The highest BCUT2D eigenvalue weighted by Crippen LogP contribution is 2.34. The van der Waals surface area contributed by atoms with Gasteiger partial charge in [0.2, 0.25) is 11.8 Å². The molecule has 3 fully saturated rings. The summed E-state index contributed by atoms with van der Waals surface area (Å²) in [5.74, 6) is 0.663. The van der Waals surface area contributed by atoms with Crippen LogP contribution < -0.4 is 10.2 Å². The first-order valence-electron chi connectivity index (χ1n) is 10.2. The summed E-state index contributed by atoms with van der Waals surface area (Å²) in [6.07, 6.45) is 1.27. The molecule has 0 spiro atoms.